The van der Waals surface area contributed by atoms with E-state index in [1.807, 2.05) is 42.1 Å². The van der Waals surface area contributed by atoms with Crippen LogP contribution in [0.3, 0.4) is 0 Å². The summed E-state index contributed by atoms with van der Waals surface area (Å²) in [6, 6.07) is 9.91. The summed E-state index contributed by atoms with van der Waals surface area (Å²) in [5, 5.41) is 7.36. The van der Waals surface area contributed by atoms with Crippen molar-refractivity contribution in [2.45, 2.75) is 24.6 Å². The Morgan fingerprint density at radius 2 is 2.17 bits per heavy atom. The standard InChI is InChI=1S/C17H22N4OS.HI/c1-18-17(20-11-15-8-5-9-23-15)19-10-14-12-22-16(21-14)13-6-3-2-4-7-13;/h2-4,6-7,12,15H,5,8-11H2,1H3,(H2,18,19,20);1H. The largest absolute Gasteiger partial charge is 0.444 e. The highest BCUT2D eigenvalue weighted by molar-refractivity contribution is 14.0. The van der Waals surface area contributed by atoms with Gasteiger partial charge in [-0.1, -0.05) is 18.2 Å². The summed E-state index contributed by atoms with van der Waals surface area (Å²) in [6.45, 7) is 1.55. The van der Waals surface area contributed by atoms with E-state index in [-0.39, 0.29) is 24.0 Å². The molecule has 0 amide bonds. The first kappa shape index (κ1) is 19.1. The van der Waals surface area contributed by atoms with E-state index < -0.39 is 0 Å². The van der Waals surface area contributed by atoms with Crippen molar-refractivity contribution in [1.82, 2.24) is 15.6 Å². The van der Waals surface area contributed by atoms with Crippen molar-refractivity contribution in [3.63, 3.8) is 0 Å². The number of hydrogen-bond acceptors (Lipinski definition) is 4. The number of benzene rings is 1. The van der Waals surface area contributed by atoms with Gasteiger partial charge in [-0.2, -0.15) is 11.8 Å². The minimum Gasteiger partial charge on any atom is -0.444 e. The van der Waals surface area contributed by atoms with E-state index in [9.17, 15) is 0 Å². The van der Waals surface area contributed by atoms with Crippen molar-refractivity contribution in [1.29, 1.82) is 0 Å². The molecule has 0 aliphatic carbocycles. The Bertz CT molecular complexity index is 641. The molecule has 0 saturated carbocycles. The lowest BCUT2D eigenvalue weighted by atomic mass is 10.2. The summed E-state index contributed by atoms with van der Waals surface area (Å²) in [4.78, 5) is 8.76. The number of oxazole rings is 1. The summed E-state index contributed by atoms with van der Waals surface area (Å²) in [6.07, 6.45) is 4.30. The van der Waals surface area contributed by atoms with Crippen LogP contribution in [0.1, 0.15) is 18.5 Å². The average molecular weight is 458 g/mol. The lowest BCUT2D eigenvalue weighted by Gasteiger charge is -2.14. The van der Waals surface area contributed by atoms with Gasteiger partial charge in [0.25, 0.3) is 0 Å². The van der Waals surface area contributed by atoms with Crippen LogP contribution in [0.25, 0.3) is 11.5 Å². The molecule has 24 heavy (non-hydrogen) atoms. The number of halogens is 1. The van der Waals surface area contributed by atoms with Gasteiger partial charge >= 0.3 is 0 Å². The molecular formula is C17H23IN4OS. The van der Waals surface area contributed by atoms with Crippen LogP contribution in [-0.2, 0) is 6.54 Å². The van der Waals surface area contributed by atoms with Crippen molar-refractivity contribution in [2.24, 2.45) is 4.99 Å². The molecule has 1 aromatic heterocycles. The van der Waals surface area contributed by atoms with Crippen LogP contribution in [0, 0.1) is 0 Å². The fourth-order valence-corrected chi connectivity index (χ4v) is 3.71. The third-order valence-corrected chi connectivity index (χ3v) is 5.15. The molecule has 0 bridgehead atoms. The van der Waals surface area contributed by atoms with E-state index in [2.05, 4.69) is 20.6 Å². The van der Waals surface area contributed by atoms with Crippen LogP contribution in [0.15, 0.2) is 46.0 Å². The smallest absolute Gasteiger partial charge is 0.226 e. The Kier molecular flexibility index (Phi) is 7.90. The van der Waals surface area contributed by atoms with Crippen LogP contribution >= 0.6 is 35.7 Å². The van der Waals surface area contributed by atoms with Gasteiger partial charge in [0.15, 0.2) is 5.96 Å². The van der Waals surface area contributed by atoms with Crippen LogP contribution in [0.5, 0.6) is 0 Å². The molecule has 1 aliphatic rings. The van der Waals surface area contributed by atoms with Gasteiger partial charge in [0.1, 0.15) is 6.26 Å². The number of rotatable bonds is 5. The van der Waals surface area contributed by atoms with Gasteiger partial charge in [0.2, 0.25) is 5.89 Å². The summed E-state index contributed by atoms with van der Waals surface area (Å²) in [5.74, 6) is 2.73. The van der Waals surface area contributed by atoms with Crippen LogP contribution in [0.4, 0.5) is 0 Å². The highest BCUT2D eigenvalue weighted by atomic mass is 127. The molecule has 7 heteroatoms. The van der Waals surface area contributed by atoms with E-state index in [0.717, 1.165) is 23.8 Å². The van der Waals surface area contributed by atoms with Gasteiger partial charge in [-0.3, -0.25) is 4.99 Å². The van der Waals surface area contributed by atoms with Crippen molar-refractivity contribution in [3.05, 3.63) is 42.3 Å². The predicted octanol–water partition coefficient (Wildman–Crippen LogP) is 3.52. The molecular weight excluding hydrogens is 435 g/mol. The Labute approximate surface area is 164 Å². The van der Waals surface area contributed by atoms with Crippen LogP contribution in [-0.4, -0.2) is 35.5 Å². The van der Waals surface area contributed by atoms with Gasteiger partial charge in [0, 0.05) is 24.4 Å². The number of aliphatic imine (C=N–C) groups is 1. The average Bonchev–Trinajstić information content (AvgIpc) is 3.27. The first-order chi connectivity index (χ1) is 11.3. The molecule has 1 fully saturated rings. The SMILES string of the molecule is CN=C(NCc1coc(-c2ccccc2)n1)NCC1CCCS1.I. The monoisotopic (exact) mass is 458 g/mol. The number of aromatic nitrogens is 1. The Morgan fingerprint density at radius 1 is 1.33 bits per heavy atom. The summed E-state index contributed by atoms with van der Waals surface area (Å²) < 4.78 is 5.54. The summed E-state index contributed by atoms with van der Waals surface area (Å²) >= 11 is 2.04. The predicted molar refractivity (Wildman–Crippen MR) is 111 cm³/mol. The number of nitrogens with zero attached hydrogens (tertiary/aromatic N) is 2. The maximum atomic E-state index is 5.54. The molecule has 1 unspecified atom stereocenters. The third kappa shape index (κ3) is 5.41. The maximum absolute atomic E-state index is 5.54. The number of hydrogen-bond donors (Lipinski definition) is 2. The second-order valence-corrected chi connectivity index (χ2v) is 6.86. The molecule has 5 nitrogen and oxygen atoms in total. The van der Waals surface area contributed by atoms with Gasteiger partial charge in [0.05, 0.1) is 12.2 Å². The quantitative estimate of drug-likeness (QED) is 0.408. The molecule has 0 radical (unpaired) electrons. The van der Waals surface area contributed by atoms with Gasteiger partial charge in [-0.05, 0) is 30.7 Å². The lowest BCUT2D eigenvalue weighted by molar-refractivity contribution is 0.572. The third-order valence-electron chi connectivity index (χ3n) is 3.75. The van der Waals surface area contributed by atoms with E-state index in [4.69, 9.17) is 4.42 Å². The van der Waals surface area contributed by atoms with Crippen LogP contribution in [0.2, 0.25) is 0 Å². The van der Waals surface area contributed by atoms with E-state index >= 15 is 0 Å². The minimum atomic E-state index is 0. The number of guanidine groups is 1. The first-order valence-electron chi connectivity index (χ1n) is 7.91. The fraction of sp³-hybridized carbons (Fsp3) is 0.412. The highest BCUT2D eigenvalue weighted by Crippen LogP contribution is 2.25. The molecule has 1 aromatic carbocycles. The Balaban J connectivity index is 0.00000208. The van der Waals surface area contributed by atoms with E-state index in [0.29, 0.717) is 17.7 Å². The van der Waals surface area contributed by atoms with E-state index in [1.54, 1.807) is 13.3 Å². The van der Waals surface area contributed by atoms with Gasteiger partial charge < -0.3 is 15.1 Å². The molecule has 2 aromatic rings. The summed E-state index contributed by atoms with van der Waals surface area (Å²) in [7, 11) is 1.79. The highest BCUT2D eigenvalue weighted by Gasteiger charge is 2.15. The van der Waals surface area contributed by atoms with Crippen LogP contribution < -0.4 is 10.6 Å². The molecule has 1 saturated heterocycles. The number of thioether (sulfide) groups is 1. The summed E-state index contributed by atoms with van der Waals surface area (Å²) in [5.41, 5.74) is 1.85. The second-order valence-electron chi connectivity index (χ2n) is 5.45. The van der Waals surface area contributed by atoms with Crippen molar-refractivity contribution in [2.75, 3.05) is 19.3 Å². The normalized spacial score (nSPS) is 17.4. The maximum Gasteiger partial charge on any atom is 0.226 e. The Morgan fingerprint density at radius 3 is 2.88 bits per heavy atom. The van der Waals surface area contributed by atoms with Crippen molar-refractivity contribution in [3.8, 4) is 11.5 Å². The minimum absolute atomic E-state index is 0. The zero-order valence-corrected chi connectivity index (χ0v) is 16.8. The van der Waals surface area contributed by atoms with Gasteiger partial charge in [-0.25, -0.2) is 4.98 Å². The lowest BCUT2D eigenvalue weighted by Crippen LogP contribution is -2.39. The first-order valence-corrected chi connectivity index (χ1v) is 8.96. The zero-order valence-electron chi connectivity index (χ0n) is 13.7. The molecule has 0 spiro atoms. The Hall–Kier alpha value is -1.22. The fourth-order valence-electron chi connectivity index (χ4n) is 2.51. The molecule has 1 aliphatic heterocycles. The van der Waals surface area contributed by atoms with Crippen molar-refractivity contribution >= 4 is 41.7 Å². The molecule has 3 rings (SSSR count). The number of nitrogens with one attached hydrogen (secondary N) is 2. The van der Waals surface area contributed by atoms with Crippen molar-refractivity contribution < 1.29 is 4.42 Å². The second kappa shape index (κ2) is 9.93. The molecule has 2 N–H and O–H groups in total. The zero-order chi connectivity index (χ0) is 15.9. The molecule has 2 heterocycles. The molecule has 1 atom stereocenters. The molecule has 130 valence electrons. The topological polar surface area (TPSA) is 62.5 Å². The van der Waals surface area contributed by atoms with E-state index in [1.165, 1.54) is 18.6 Å². The van der Waals surface area contributed by atoms with Gasteiger partial charge in [-0.15, -0.1) is 24.0 Å².